The first kappa shape index (κ1) is 17.3. The van der Waals surface area contributed by atoms with Crippen LogP contribution in [0.25, 0.3) is 11.4 Å². The molecule has 1 aliphatic rings. The molecule has 0 bridgehead atoms. The van der Waals surface area contributed by atoms with E-state index in [0.717, 1.165) is 23.4 Å². The van der Waals surface area contributed by atoms with E-state index in [4.69, 9.17) is 9.26 Å². The number of rotatable bonds is 5. The van der Waals surface area contributed by atoms with Crippen LogP contribution in [0.15, 0.2) is 53.1 Å². The predicted octanol–water partition coefficient (Wildman–Crippen LogP) is 3.83. The lowest BCUT2D eigenvalue weighted by Crippen LogP contribution is -2.24. The molecule has 3 aromatic rings. The predicted molar refractivity (Wildman–Crippen MR) is 102 cm³/mol. The molecule has 1 atom stereocenters. The highest BCUT2D eigenvalue weighted by atomic mass is 16.5. The van der Waals surface area contributed by atoms with Crippen molar-refractivity contribution >= 4 is 11.6 Å². The molecule has 0 N–H and O–H groups in total. The van der Waals surface area contributed by atoms with Gasteiger partial charge in [-0.15, -0.1) is 0 Å². The Morgan fingerprint density at radius 3 is 2.78 bits per heavy atom. The van der Waals surface area contributed by atoms with E-state index in [1.165, 1.54) is 5.56 Å². The summed E-state index contributed by atoms with van der Waals surface area (Å²) < 4.78 is 10.7. The zero-order valence-corrected chi connectivity index (χ0v) is 15.4. The zero-order chi connectivity index (χ0) is 18.8. The quantitative estimate of drug-likeness (QED) is 0.689. The molecular weight excluding hydrogens is 342 g/mol. The van der Waals surface area contributed by atoms with Crippen LogP contribution in [0, 0.1) is 0 Å². The molecule has 1 aliphatic heterocycles. The van der Waals surface area contributed by atoms with Gasteiger partial charge in [0.2, 0.25) is 17.6 Å². The number of anilines is 1. The number of ether oxygens (including phenoxy) is 1. The van der Waals surface area contributed by atoms with Crippen molar-refractivity contribution < 1.29 is 14.1 Å². The van der Waals surface area contributed by atoms with Crippen LogP contribution in [0.5, 0.6) is 5.75 Å². The zero-order valence-electron chi connectivity index (χ0n) is 15.4. The number of methoxy groups -OCH3 is 1. The van der Waals surface area contributed by atoms with E-state index in [1.807, 2.05) is 36.4 Å². The highest BCUT2D eigenvalue weighted by Gasteiger charge is 2.35. The maximum absolute atomic E-state index is 12.5. The lowest BCUT2D eigenvalue weighted by molar-refractivity contribution is -0.117. The van der Waals surface area contributed by atoms with Crippen LogP contribution in [0.2, 0.25) is 0 Å². The molecule has 0 saturated carbocycles. The van der Waals surface area contributed by atoms with Gasteiger partial charge in [0.1, 0.15) is 5.75 Å². The van der Waals surface area contributed by atoms with Gasteiger partial charge in [0.25, 0.3) is 0 Å². The van der Waals surface area contributed by atoms with Crippen molar-refractivity contribution in [3.8, 4) is 17.1 Å². The van der Waals surface area contributed by atoms with E-state index in [9.17, 15) is 4.79 Å². The topological polar surface area (TPSA) is 68.5 Å². The second kappa shape index (κ2) is 7.23. The molecule has 6 nitrogen and oxygen atoms in total. The van der Waals surface area contributed by atoms with Crippen LogP contribution in [0.3, 0.4) is 0 Å². The van der Waals surface area contributed by atoms with E-state index < -0.39 is 0 Å². The Labute approximate surface area is 157 Å². The number of aryl methyl sites for hydroxylation is 1. The fraction of sp³-hybridized carbons (Fsp3) is 0.286. The number of benzene rings is 2. The molecule has 6 heteroatoms. The van der Waals surface area contributed by atoms with Crippen molar-refractivity contribution in [2.45, 2.75) is 25.7 Å². The van der Waals surface area contributed by atoms with Crippen molar-refractivity contribution in [2.24, 2.45) is 0 Å². The van der Waals surface area contributed by atoms with E-state index in [-0.39, 0.29) is 11.8 Å². The summed E-state index contributed by atoms with van der Waals surface area (Å²) in [5.41, 5.74) is 2.99. The number of hydrogen-bond donors (Lipinski definition) is 0. The van der Waals surface area contributed by atoms with E-state index >= 15 is 0 Å². The largest absolute Gasteiger partial charge is 0.497 e. The Morgan fingerprint density at radius 1 is 1.22 bits per heavy atom. The van der Waals surface area contributed by atoms with Gasteiger partial charge < -0.3 is 14.2 Å². The lowest BCUT2D eigenvalue weighted by atomic mass is 10.1. The third kappa shape index (κ3) is 3.43. The molecule has 1 aromatic heterocycles. The van der Waals surface area contributed by atoms with Gasteiger partial charge in [0.05, 0.1) is 13.0 Å². The molecule has 2 heterocycles. The summed E-state index contributed by atoms with van der Waals surface area (Å²) in [6, 6.07) is 15.6. The molecule has 1 saturated heterocycles. The first-order valence-electron chi connectivity index (χ1n) is 9.05. The summed E-state index contributed by atoms with van der Waals surface area (Å²) in [6.07, 6.45) is 1.34. The van der Waals surface area contributed by atoms with Crippen molar-refractivity contribution in [3.63, 3.8) is 0 Å². The Hall–Kier alpha value is -3.15. The third-order valence-corrected chi connectivity index (χ3v) is 4.90. The van der Waals surface area contributed by atoms with Crippen LogP contribution < -0.4 is 9.64 Å². The standard InChI is InChI=1S/C21H21N3O3/c1-3-14-7-9-15(10-8-14)20-22-21(27-23-20)16-11-19(25)24(13-16)17-5-4-6-18(12-17)26-2/h4-10,12,16H,3,11,13H2,1-2H3. The monoisotopic (exact) mass is 363 g/mol. The van der Waals surface area contributed by atoms with Crippen LogP contribution in [0.1, 0.15) is 30.7 Å². The summed E-state index contributed by atoms with van der Waals surface area (Å²) >= 11 is 0. The minimum absolute atomic E-state index is 0.0419. The number of carbonyl (C=O) groups is 1. The smallest absolute Gasteiger partial charge is 0.232 e. The van der Waals surface area contributed by atoms with Crippen LogP contribution in [-0.2, 0) is 11.2 Å². The van der Waals surface area contributed by atoms with E-state index in [2.05, 4.69) is 29.2 Å². The van der Waals surface area contributed by atoms with E-state index in [1.54, 1.807) is 12.0 Å². The highest BCUT2D eigenvalue weighted by Crippen LogP contribution is 2.33. The Morgan fingerprint density at radius 2 is 2.04 bits per heavy atom. The Bertz CT molecular complexity index is 949. The van der Waals surface area contributed by atoms with Gasteiger partial charge >= 0.3 is 0 Å². The molecule has 0 spiro atoms. The molecule has 27 heavy (non-hydrogen) atoms. The van der Waals surface area contributed by atoms with Gasteiger partial charge in [-0.1, -0.05) is 42.4 Å². The van der Waals surface area contributed by atoms with Gasteiger partial charge in [-0.2, -0.15) is 4.98 Å². The maximum Gasteiger partial charge on any atom is 0.232 e. The fourth-order valence-electron chi connectivity index (χ4n) is 3.31. The molecule has 0 aliphatic carbocycles. The summed E-state index contributed by atoms with van der Waals surface area (Å²) in [7, 11) is 1.61. The third-order valence-electron chi connectivity index (χ3n) is 4.90. The summed E-state index contributed by atoms with van der Waals surface area (Å²) in [4.78, 5) is 18.8. The van der Waals surface area contributed by atoms with Crippen LogP contribution in [0.4, 0.5) is 5.69 Å². The van der Waals surface area contributed by atoms with Crippen molar-refractivity contribution in [1.82, 2.24) is 10.1 Å². The molecule has 1 fully saturated rings. The molecule has 1 amide bonds. The normalized spacial score (nSPS) is 16.7. The molecule has 138 valence electrons. The minimum atomic E-state index is -0.111. The number of aromatic nitrogens is 2. The highest BCUT2D eigenvalue weighted by molar-refractivity contribution is 5.96. The summed E-state index contributed by atoms with van der Waals surface area (Å²) in [6.45, 7) is 2.63. The second-order valence-corrected chi connectivity index (χ2v) is 6.61. The average molecular weight is 363 g/mol. The first-order valence-corrected chi connectivity index (χ1v) is 9.05. The lowest BCUT2D eigenvalue weighted by Gasteiger charge is -2.16. The molecule has 2 aromatic carbocycles. The number of nitrogens with zero attached hydrogens (tertiary/aromatic N) is 3. The van der Waals surface area contributed by atoms with Crippen LogP contribution >= 0.6 is 0 Å². The van der Waals surface area contributed by atoms with Crippen molar-refractivity contribution in [3.05, 3.63) is 60.0 Å². The minimum Gasteiger partial charge on any atom is -0.497 e. The Kier molecular flexibility index (Phi) is 4.62. The SMILES string of the molecule is CCc1ccc(-c2noc(C3CC(=O)N(c4cccc(OC)c4)C3)n2)cc1. The maximum atomic E-state index is 12.5. The number of hydrogen-bond acceptors (Lipinski definition) is 5. The van der Waals surface area contributed by atoms with Gasteiger partial charge in [-0.3, -0.25) is 4.79 Å². The molecule has 0 radical (unpaired) electrons. The van der Waals surface area contributed by atoms with Gasteiger partial charge in [-0.05, 0) is 24.1 Å². The van der Waals surface area contributed by atoms with Gasteiger partial charge in [0, 0.05) is 30.3 Å². The molecule has 4 rings (SSSR count). The van der Waals surface area contributed by atoms with Crippen molar-refractivity contribution in [1.29, 1.82) is 0 Å². The van der Waals surface area contributed by atoms with Crippen LogP contribution in [-0.4, -0.2) is 29.7 Å². The molecule has 1 unspecified atom stereocenters. The van der Waals surface area contributed by atoms with Gasteiger partial charge in [0.15, 0.2) is 0 Å². The summed E-state index contributed by atoms with van der Waals surface area (Å²) in [5, 5.41) is 4.10. The first-order chi connectivity index (χ1) is 13.2. The fourth-order valence-corrected chi connectivity index (χ4v) is 3.31. The summed E-state index contributed by atoms with van der Waals surface area (Å²) in [5.74, 6) is 1.71. The van der Waals surface area contributed by atoms with E-state index in [0.29, 0.717) is 24.7 Å². The van der Waals surface area contributed by atoms with Gasteiger partial charge in [-0.25, -0.2) is 0 Å². The number of carbonyl (C=O) groups excluding carboxylic acids is 1. The average Bonchev–Trinajstić information content (AvgIpc) is 3.35. The van der Waals surface area contributed by atoms with Crippen molar-refractivity contribution in [2.75, 3.05) is 18.6 Å². The Balaban J connectivity index is 1.53. The molecular formula is C21H21N3O3. The second-order valence-electron chi connectivity index (χ2n) is 6.61. The number of amides is 1.